The van der Waals surface area contributed by atoms with Crippen LogP contribution in [0.15, 0.2) is 24.3 Å². The van der Waals surface area contributed by atoms with Crippen LogP contribution in [0.25, 0.3) is 0 Å². The Balaban J connectivity index is 1.87. The predicted octanol–water partition coefficient (Wildman–Crippen LogP) is 2.34. The molecule has 0 amide bonds. The quantitative estimate of drug-likeness (QED) is 0.908. The fourth-order valence-electron chi connectivity index (χ4n) is 3.39. The molecule has 1 fully saturated rings. The number of nitrogens with two attached hydrogens (primary N) is 1. The Morgan fingerprint density at radius 2 is 2.10 bits per heavy atom. The smallest absolute Gasteiger partial charge is 0.124 e. The van der Waals surface area contributed by atoms with E-state index in [1.807, 2.05) is 13.0 Å². The molecule has 0 aliphatic carbocycles. The maximum atomic E-state index is 6.13. The van der Waals surface area contributed by atoms with E-state index in [9.17, 15) is 0 Å². The fourth-order valence-corrected chi connectivity index (χ4v) is 3.39. The molecule has 3 rings (SSSR count). The lowest BCUT2D eigenvalue weighted by atomic mass is 9.88. The maximum absolute atomic E-state index is 6.13. The Morgan fingerprint density at radius 3 is 2.86 bits per heavy atom. The molecule has 0 radical (unpaired) electrons. The Morgan fingerprint density at radius 1 is 1.33 bits per heavy atom. The van der Waals surface area contributed by atoms with E-state index in [0.717, 1.165) is 31.9 Å². The third-order valence-electron chi connectivity index (χ3n) is 4.50. The minimum absolute atomic E-state index is 0.0656. The van der Waals surface area contributed by atoms with E-state index < -0.39 is 0 Å². The summed E-state index contributed by atoms with van der Waals surface area (Å²) in [6.45, 7) is 8.96. The SMILES string of the molecule is CC(N)C1CN(C2CC(C)(C)Oc3ccccc32)CCO1. The van der Waals surface area contributed by atoms with Crippen LogP contribution in [0.1, 0.15) is 38.8 Å². The van der Waals surface area contributed by atoms with Gasteiger partial charge < -0.3 is 15.2 Å². The highest BCUT2D eigenvalue weighted by atomic mass is 16.5. The van der Waals surface area contributed by atoms with Crippen LogP contribution < -0.4 is 10.5 Å². The molecule has 0 saturated carbocycles. The van der Waals surface area contributed by atoms with E-state index in [-0.39, 0.29) is 17.7 Å². The zero-order chi connectivity index (χ0) is 15.0. The molecular weight excluding hydrogens is 264 g/mol. The van der Waals surface area contributed by atoms with Crippen molar-refractivity contribution in [3.63, 3.8) is 0 Å². The van der Waals surface area contributed by atoms with E-state index in [2.05, 4.69) is 36.9 Å². The van der Waals surface area contributed by atoms with Gasteiger partial charge in [-0.1, -0.05) is 18.2 Å². The van der Waals surface area contributed by atoms with Gasteiger partial charge in [0, 0.05) is 37.2 Å². The van der Waals surface area contributed by atoms with Gasteiger partial charge in [0.05, 0.1) is 12.7 Å². The minimum atomic E-state index is -0.138. The third-order valence-corrected chi connectivity index (χ3v) is 4.50. The molecular formula is C17H26N2O2. The van der Waals surface area contributed by atoms with E-state index in [4.69, 9.17) is 15.2 Å². The van der Waals surface area contributed by atoms with E-state index in [1.165, 1.54) is 5.56 Å². The van der Waals surface area contributed by atoms with Crippen LogP contribution >= 0.6 is 0 Å². The Labute approximate surface area is 127 Å². The third kappa shape index (κ3) is 3.07. The van der Waals surface area contributed by atoms with Crippen molar-refractivity contribution in [1.29, 1.82) is 0 Å². The number of nitrogens with zero attached hydrogens (tertiary/aromatic N) is 1. The van der Waals surface area contributed by atoms with E-state index >= 15 is 0 Å². The number of fused-ring (bicyclic) bond motifs is 1. The minimum Gasteiger partial charge on any atom is -0.487 e. The van der Waals surface area contributed by atoms with Gasteiger partial charge >= 0.3 is 0 Å². The summed E-state index contributed by atoms with van der Waals surface area (Å²) in [6, 6.07) is 8.85. The number of rotatable bonds is 2. The number of hydrogen-bond acceptors (Lipinski definition) is 4. The fraction of sp³-hybridized carbons (Fsp3) is 0.647. The Hall–Kier alpha value is -1.10. The normalized spacial score (nSPS) is 30.3. The first-order valence-corrected chi connectivity index (χ1v) is 7.85. The summed E-state index contributed by atoms with van der Waals surface area (Å²) in [7, 11) is 0. The second kappa shape index (κ2) is 5.59. The molecule has 4 heteroatoms. The van der Waals surface area contributed by atoms with Gasteiger partial charge in [-0.05, 0) is 26.8 Å². The van der Waals surface area contributed by atoms with Crippen molar-refractivity contribution in [3.8, 4) is 5.75 Å². The van der Waals surface area contributed by atoms with Crippen LogP contribution in [0.5, 0.6) is 5.75 Å². The van der Waals surface area contributed by atoms with Crippen molar-refractivity contribution in [1.82, 2.24) is 4.90 Å². The average molecular weight is 290 g/mol. The number of ether oxygens (including phenoxy) is 2. The zero-order valence-corrected chi connectivity index (χ0v) is 13.2. The zero-order valence-electron chi connectivity index (χ0n) is 13.2. The highest BCUT2D eigenvalue weighted by molar-refractivity contribution is 5.38. The van der Waals surface area contributed by atoms with Crippen molar-refractivity contribution >= 4 is 0 Å². The summed E-state index contributed by atoms with van der Waals surface area (Å²) in [6.07, 6.45) is 1.12. The van der Waals surface area contributed by atoms with E-state index in [0.29, 0.717) is 6.04 Å². The summed E-state index contributed by atoms with van der Waals surface area (Å²) in [5.74, 6) is 1.02. The van der Waals surface area contributed by atoms with Crippen molar-refractivity contribution in [2.45, 2.75) is 51.0 Å². The molecule has 2 aliphatic rings. The lowest BCUT2D eigenvalue weighted by molar-refractivity contribution is -0.0680. The Kier molecular flexibility index (Phi) is 3.95. The first-order chi connectivity index (χ1) is 9.96. The number of para-hydroxylation sites is 1. The first-order valence-electron chi connectivity index (χ1n) is 7.85. The second-order valence-corrected chi connectivity index (χ2v) is 6.88. The average Bonchev–Trinajstić information content (AvgIpc) is 2.45. The van der Waals surface area contributed by atoms with Gasteiger partial charge in [-0.3, -0.25) is 4.90 Å². The van der Waals surface area contributed by atoms with Crippen molar-refractivity contribution in [2.24, 2.45) is 5.73 Å². The topological polar surface area (TPSA) is 47.7 Å². The second-order valence-electron chi connectivity index (χ2n) is 6.88. The van der Waals surface area contributed by atoms with Crippen LogP contribution in [0.4, 0.5) is 0 Å². The van der Waals surface area contributed by atoms with E-state index in [1.54, 1.807) is 0 Å². The van der Waals surface area contributed by atoms with Crippen LogP contribution in [0.2, 0.25) is 0 Å². The van der Waals surface area contributed by atoms with Gasteiger partial charge in [0.1, 0.15) is 11.4 Å². The molecule has 0 spiro atoms. The lowest BCUT2D eigenvalue weighted by Crippen LogP contribution is -2.52. The van der Waals surface area contributed by atoms with Crippen molar-refractivity contribution in [3.05, 3.63) is 29.8 Å². The summed E-state index contributed by atoms with van der Waals surface area (Å²) < 4.78 is 11.9. The summed E-state index contributed by atoms with van der Waals surface area (Å²) in [5, 5.41) is 0. The Bertz CT molecular complexity index is 501. The molecule has 1 saturated heterocycles. The van der Waals surface area contributed by atoms with Crippen LogP contribution in [-0.2, 0) is 4.74 Å². The number of morpholine rings is 1. The van der Waals surface area contributed by atoms with Gasteiger partial charge in [-0.25, -0.2) is 0 Å². The highest BCUT2D eigenvalue weighted by Gasteiger charge is 2.38. The van der Waals surface area contributed by atoms with Gasteiger partial charge in [-0.15, -0.1) is 0 Å². The van der Waals surface area contributed by atoms with Gasteiger partial charge in [0.25, 0.3) is 0 Å². The first kappa shape index (κ1) is 14.8. The molecule has 0 aromatic heterocycles. The molecule has 21 heavy (non-hydrogen) atoms. The molecule has 4 nitrogen and oxygen atoms in total. The largest absolute Gasteiger partial charge is 0.487 e. The molecule has 2 aliphatic heterocycles. The molecule has 1 aromatic rings. The molecule has 116 valence electrons. The molecule has 3 atom stereocenters. The van der Waals surface area contributed by atoms with Crippen molar-refractivity contribution in [2.75, 3.05) is 19.7 Å². The standard InChI is InChI=1S/C17H26N2O2/c1-12(18)16-11-19(8-9-20-16)14-10-17(2,3)21-15-7-5-4-6-13(14)15/h4-7,12,14,16H,8-11,18H2,1-3H3. The van der Waals surface area contributed by atoms with Gasteiger partial charge in [-0.2, -0.15) is 0 Å². The van der Waals surface area contributed by atoms with Crippen LogP contribution in [0, 0.1) is 0 Å². The lowest BCUT2D eigenvalue weighted by Gasteiger charge is -2.45. The summed E-state index contributed by atoms with van der Waals surface area (Å²) in [5.41, 5.74) is 7.19. The molecule has 2 N–H and O–H groups in total. The summed E-state index contributed by atoms with van der Waals surface area (Å²) in [4.78, 5) is 2.51. The maximum Gasteiger partial charge on any atom is 0.124 e. The highest BCUT2D eigenvalue weighted by Crippen LogP contribution is 2.42. The van der Waals surface area contributed by atoms with Gasteiger partial charge in [0.2, 0.25) is 0 Å². The monoisotopic (exact) mass is 290 g/mol. The molecule has 2 heterocycles. The summed E-state index contributed by atoms with van der Waals surface area (Å²) >= 11 is 0. The van der Waals surface area contributed by atoms with Crippen molar-refractivity contribution < 1.29 is 9.47 Å². The van der Waals surface area contributed by atoms with Gasteiger partial charge in [0.15, 0.2) is 0 Å². The van der Waals surface area contributed by atoms with Crippen LogP contribution in [0.3, 0.4) is 0 Å². The molecule has 1 aromatic carbocycles. The number of benzene rings is 1. The molecule has 0 bridgehead atoms. The number of hydrogen-bond donors (Lipinski definition) is 1. The van der Waals surface area contributed by atoms with Crippen LogP contribution in [-0.4, -0.2) is 42.3 Å². The molecule has 3 unspecified atom stereocenters. The predicted molar refractivity (Wildman–Crippen MR) is 83.5 cm³/mol.